The average Bonchev–Trinajstić information content (AvgIpc) is 2.37. The lowest BCUT2D eigenvalue weighted by atomic mass is 10.2. The van der Waals surface area contributed by atoms with Gasteiger partial charge in [0.15, 0.2) is 0 Å². The van der Waals surface area contributed by atoms with Crippen molar-refractivity contribution < 1.29 is 27.5 Å². The Bertz CT molecular complexity index is 478. The van der Waals surface area contributed by atoms with Gasteiger partial charge in [0.2, 0.25) is 0 Å². The lowest BCUT2D eigenvalue weighted by molar-refractivity contribution is -0.139. The summed E-state index contributed by atoms with van der Waals surface area (Å²) < 4.78 is 41.0. The molecule has 1 amide bonds. The highest BCUT2D eigenvalue weighted by Gasteiger charge is 2.27. The van der Waals surface area contributed by atoms with Gasteiger partial charge in [-0.15, -0.1) is 0 Å². The van der Waals surface area contributed by atoms with Crippen LogP contribution in [0.2, 0.25) is 0 Å². The zero-order valence-electron chi connectivity index (χ0n) is 11.3. The number of pyridine rings is 1. The Labute approximate surface area is 114 Å². The number of alkyl halides is 3. The maximum absolute atomic E-state index is 12.0. The summed E-state index contributed by atoms with van der Waals surface area (Å²) in [4.78, 5) is 20.3. The van der Waals surface area contributed by atoms with Crippen molar-refractivity contribution in [3.05, 3.63) is 23.5 Å². The molecule has 0 aliphatic heterocycles. The molecule has 0 aliphatic carbocycles. The molecule has 5 nitrogen and oxygen atoms in total. The van der Waals surface area contributed by atoms with E-state index in [4.69, 9.17) is 9.57 Å². The zero-order chi connectivity index (χ0) is 15.3. The molecule has 1 aromatic heterocycles. The molecule has 0 unspecified atom stereocenters. The van der Waals surface area contributed by atoms with Crippen LogP contribution in [0.3, 0.4) is 0 Å². The van der Waals surface area contributed by atoms with Crippen LogP contribution in [-0.4, -0.2) is 42.9 Å². The van der Waals surface area contributed by atoms with E-state index in [-0.39, 0.29) is 11.4 Å². The molecule has 0 radical (unpaired) electrons. The number of rotatable bonds is 5. The van der Waals surface area contributed by atoms with Crippen molar-refractivity contribution in [3.8, 4) is 5.75 Å². The highest BCUT2D eigenvalue weighted by molar-refractivity contribution is 5.91. The molecule has 8 heteroatoms. The average molecular weight is 292 g/mol. The van der Waals surface area contributed by atoms with E-state index < -0.39 is 25.1 Å². The van der Waals surface area contributed by atoms with Gasteiger partial charge < -0.3 is 4.74 Å². The van der Waals surface area contributed by atoms with Gasteiger partial charge in [-0.2, -0.15) is 13.2 Å². The molecule has 1 aromatic rings. The standard InChI is InChI=1S/C12H15F3N2O3/c1-8-6-9(11(18)17(2)19-3)16-7-10(8)20-5-4-12(13,14)15/h6-7H,4-5H2,1-3H3. The fourth-order valence-electron chi connectivity index (χ4n) is 1.33. The van der Waals surface area contributed by atoms with Gasteiger partial charge in [0.05, 0.1) is 26.3 Å². The maximum Gasteiger partial charge on any atom is 0.392 e. The molecule has 0 saturated carbocycles. The number of hydrogen-bond acceptors (Lipinski definition) is 4. The molecule has 20 heavy (non-hydrogen) atoms. The first-order valence-corrected chi connectivity index (χ1v) is 5.73. The van der Waals surface area contributed by atoms with Crippen LogP contribution in [-0.2, 0) is 4.84 Å². The van der Waals surface area contributed by atoms with Crippen molar-refractivity contribution in [1.82, 2.24) is 10.0 Å². The monoisotopic (exact) mass is 292 g/mol. The van der Waals surface area contributed by atoms with E-state index in [1.54, 1.807) is 6.92 Å². The highest BCUT2D eigenvalue weighted by Crippen LogP contribution is 2.22. The van der Waals surface area contributed by atoms with Gasteiger partial charge in [-0.3, -0.25) is 9.63 Å². The van der Waals surface area contributed by atoms with E-state index in [0.29, 0.717) is 5.56 Å². The third-order valence-corrected chi connectivity index (χ3v) is 2.48. The number of carbonyl (C=O) groups is 1. The molecule has 0 atom stereocenters. The number of aromatic nitrogens is 1. The number of amides is 1. The molecule has 0 aliphatic rings. The minimum atomic E-state index is -4.27. The molecule has 1 heterocycles. The number of aryl methyl sites for hydroxylation is 1. The van der Waals surface area contributed by atoms with E-state index in [1.807, 2.05) is 0 Å². The molecule has 0 fully saturated rings. The second kappa shape index (κ2) is 6.56. The molecule has 0 bridgehead atoms. The van der Waals surface area contributed by atoms with E-state index in [1.165, 1.54) is 26.4 Å². The van der Waals surface area contributed by atoms with Crippen molar-refractivity contribution in [1.29, 1.82) is 0 Å². The normalized spacial score (nSPS) is 11.3. The van der Waals surface area contributed by atoms with Crippen molar-refractivity contribution in [2.45, 2.75) is 19.5 Å². The Balaban J connectivity index is 2.71. The molecular formula is C12H15F3N2O3. The third kappa shape index (κ3) is 4.69. The summed E-state index contributed by atoms with van der Waals surface area (Å²) in [6.45, 7) is 1.13. The smallest absolute Gasteiger partial charge is 0.392 e. The largest absolute Gasteiger partial charge is 0.491 e. The van der Waals surface area contributed by atoms with Crippen LogP contribution >= 0.6 is 0 Å². The van der Waals surface area contributed by atoms with Crippen LogP contribution in [0.15, 0.2) is 12.3 Å². The lowest BCUT2D eigenvalue weighted by Gasteiger charge is -2.14. The Hall–Kier alpha value is -1.83. The fourth-order valence-corrected chi connectivity index (χ4v) is 1.33. The van der Waals surface area contributed by atoms with Crippen molar-refractivity contribution in [2.24, 2.45) is 0 Å². The number of nitrogens with zero attached hydrogens (tertiary/aromatic N) is 2. The maximum atomic E-state index is 12.0. The summed E-state index contributed by atoms with van der Waals surface area (Å²) in [7, 11) is 2.76. The lowest BCUT2D eigenvalue weighted by Crippen LogP contribution is -2.26. The van der Waals surface area contributed by atoms with Crippen molar-refractivity contribution in [2.75, 3.05) is 20.8 Å². The number of hydrogen-bond donors (Lipinski definition) is 0. The fraction of sp³-hybridized carbons (Fsp3) is 0.500. The second-order valence-electron chi connectivity index (χ2n) is 4.03. The molecule has 0 saturated heterocycles. The number of ether oxygens (including phenoxy) is 1. The quantitative estimate of drug-likeness (QED) is 0.782. The summed E-state index contributed by atoms with van der Waals surface area (Å²) in [6.07, 6.45) is -4.08. The van der Waals surface area contributed by atoms with Gasteiger partial charge in [-0.25, -0.2) is 10.0 Å². The summed E-state index contributed by atoms with van der Waals surface area (Å²) in [6, 6.07) is 1.43. The van der Waals surface area contributed by atoms with Gasteiger partial charge in [0.25, 0.3) is 5.91 Å². The number of carbonyl (C=O) groups excluding carboxylic acids is 1. The predicted octanol–water partition coefficient (Wildman–Crippen LogP) is 2.35. The third-order valence-electron chi connectivity index (χ3n) is 2.48. The summed E-state index contributed by atoms with van der Waals surface area (Å²) in [5.41, 5.74) is 0.644. The first-order valence-electron chi connectivity index (χ1n) is 5.73. The van der Waals surface area contributed by atoms with Gasteiger partial charge in [0, 0.05) is 7.05 Å². The Morgan fingerprint density at radius 2 is 2.10 bits per heavy atom. The first-order chi connectivity index (χ1) is 9.24. The topological polar surface area (TPSA) is 51.7 Å². The van der Waals surface area contributed by atoms with Gasteiger partial charge in [-0.05, 0) is 18.6 Å². The van der Waals surface area contributed by atoms with Crippen LogP contribution in [0, 0.1) is 6.92 Å². The van der Waals surface area contributed by atoms with E-state index in [9.17, 15) is 18.0 Å². The van der Waals surface area contributed by atoms with Crippen LogP contribution < -0.4 is 4.74 Å². The minimum absolute atomic E-state index is 0.120. The summed E-state index contributed by atoms with van der Waals surface area (Å²) in [5, 5.41) is 0.992. The van der Waals surface area contributed by atoms with Gasteiger partial charge in [-0.1, -0.05) is 0 Å². The predicted molar refractivity (Wildman–Crippen MR) is 64.2 cm³/mol. The van der Waals surface area contributed by atoms with E-state index in [0.717, 1.165) is 5.06 Å². The number of halogens is 3. The second-order valence-corrected chi connectivity index (χ2v) is 4.03. The van der Waals surface area contributed by atoms with Crippen molar-refractivity contribution in [3.63, 3.8) is 0 Å². The summed E-state index contributed by atoms with van der Waals surface area (Å²) in [5.74, 6) is -0.247. The van der Waals surface area contributed by atoms with Crippen LogP contribution in [0.1, 0.15) is 22.5 Å². The molecule has 112 valence electrons. The van der Waals surface area contributed by atoms with Crippen LogP contribution in [0.5, 0.6) is 5.75 Å². The van der Waals surface area contributed by atoms with Gasteiger partial charge in [0.1, 0.15) is 11.4 Å². The van der Waals surface area contributed by atoms with E-state index in [2.05, 4.69) is 4.98 Å². The van der Waals surface area contributed by atoms with Crippen LogP contribution in [0.4, 0.5) is 13.2 Å². The molecular weight excluding hydrogens is 277 g/mol. The molecule has 0 spiro atoms. The SMILES string of the molecule is CON(C)C(=O)c1cc(C)c(OCCC(F)(F)F)cn1. The Kier molecular flexibility index (Phi) is 5.32. The number of hydroxylamine groups is 2. The first kappa shape index (κ1) is 16.2. The molecule has 1 rings (SSSR count). The van der Waals surface area contributed by atoms with Crippen molar-refractivity contribution >= 4 is 5.91 Å². The Morgan fingerprint density at radius 1 is 1.45 bits per heavy atom. The minimum Gasteiger partial charge on any atom is -0.491 e. The van der Waals surface area contributed by atoms with Gasteiger partial charge >= 0.3 is 6.18 Å². The highest BCUT2D eigenvalue weighted by atomic mass is 19.4. The summed E-state index contributed by atoms with van der Waals surface area (Å²) >= 11 is 0. The van der Waals surface area contributed by atoms with E-state index >= 15 is 0 Å². The molecule has 0 aromatic carbocycles. The Morgan fingerprint density at radius 3 is 2.60 bits per heavy atom. The molecule has 0 N–H and O–H groups in total. The zero-order valence-corrected chi connectivity index (χ0v) is 11.3. The van der Waals surface area contributed by atoms with Crippen LogP contribution in [0.25, 0.3) is 0 Å².